The van der Waals surface area contributed by atoms with Crippen LogP contribution in [0.1, 0.15) is 124 Å². The van der Waals surface area contributed by atoms with E-state index in [0.29, 0.717) is 18.3 Å². The van der Waals surface area contributed by atoms with E-state index in [1.807, 2.05) is 62.4 Å². The molecule has 0 spiro atoms. The Bertz CT molecular complexity index is 888. The van der Waals surface area contributed by atoms with E-state index < -0.39 is 5.97 Å². The van der Waals surface area contributed by atoms with Gasteiger partial charge >= 0.3 is 51.4 Å². The Kier molecular flexibility index (Phi) is 28.7. The van der Waals surface area contributed by atoms with Gasteiger partial charge in [0.15, 0.2) is 5.11 Å². The van der Waals surface area contributed by atoms with E-state index in [-0.39, 0.29) is 57.8 Å². The molecular weight excluding hydrogens is 584 g/mol. The summed E-state index contributed by atoms with van der Waals surface area (Å²) in [6, 6.07) is 15.3. The fourth-order valence-electron chi connectivity index (χ4n) is 4.54. The molecule has 0 bridgehead atoms. The second-order valence-corrected chi connectivity index (χ2v) is 11.0. The maximum absolute atomic E-state index is 10.2. The van der Waals surface area contributed by atoms with Gasteiger partial charge in [0.2, 0.25) is 0 Å². The number of rotatable bonds is 22. The van der Waals surface area contributed by atoms with Gasteiger partial charge in [0.05, 0.1) is 13.2 Å². The first-order chi connectivity index (χ1) is 20.5. The monoisotopic (exact) mass is 638 g/mol. The molecule has 0 radical (unpaired) electrons. The Hall–Kier alpha value is -1.16. The van der Waals surface area contributed by atoms with Gasteiger partial charge in [-0.1, -0.05) is 96.8 Å². The number of carboxylic acids is 1. The van der Waals surface area contributed by atoms with Crippen molar-refractivity contribution in [3.63, 3.8) is 0 Å². The molecule has 2 N–H and O–H groups in total. The van der Waals surface area contributed by atoms with Crippen molar-refractivity contribution < 1.29 is 70.8 Å². The topological polar surface area (TPSA) is 82.7 Å². The molecule has 0 saturated carbocycles. The number of nitrogens with one attached hydrogen (secondary N) is 2. The Morgan fingerprint density at radius 1 is 0.605 bits per heavy atom. The number of carbonyl (C=O) groups is 1. The number of carboxylic acid groups (broad SMARTS) is 1. The van der Waals surface area contributed by atoms with Crippen LogP contribution < -0.4 is 76.6 Å². The Labute approximate surface area is 309 Å². The number of carbonyl (C=O) groups excluding carboxylic acids is 1. The van der Waals surface area contributed by atoms with Gasteiger partial charge in [0.1, 0.15) is 11.5 Å². The normalized spacial score (nSPS) is 10.1. The third-order valence-corrected chi connectivity index (χ3v) is 7.03. The smallest absolute Gasteiger partial charge is 0.550 e. The van der Waals surface area contributed by atoms with Crippen LogP contribution in [-0.2, 0) is 4.79 Å². The molecule has 0 heterocycles. The standard InChI is InChI=1S/C18H36O2.C17H20N2O2S.K/c1-2-3-4-5-6-7-8-9-10-11-12-13-14-15-16-17-18(19)20;1-3-20-15-9-5-13(6-10-15)18-17(22)19-14-7-11-16(12-8-14)21-4-2;/h2-17H2,1H3,(H,19,20);5-12H,3-4H2,1-2H3,(H2,18,19,22);/q;;+1/p-1. The molecule has 0 saturated heterocycles. The maximum atomic E-state index is 10.2. The summed E-state index contributed by atoms with van der Waals surface area (Å²) in [5.41, 5.74) is 1.82. The van der Waals surface area contributed by atoms with E-state index in [1.165, 1.54) is 83.5 Å². The van der Waals surface area contributed by atoms with E-state index in [9.17, 15) is 9.90 Å². The summed E-state index contributed by atoms with van der Waals surface area (Å²) < 4.78 is 10.8. The van der Waals surface area contributed by atoms with Crippen molar-refractivity contribution in [3.05, 3.63) is 48.5 Å². The molecular formula is C35H55KN2O4S. The van der Waals surface area contributed by atoms with Gasteiger partial charge in [-0.2, -0.15) is 0 Å². The SMILES string of the molecule is CCCCCCCCCCCCCCCCCC(=O)[O-].CCOc1ccc(NC(=S)Nc2ccc(OCC)cc2)cc1.[K+]. The van der Waals surface area contributed by atoms with Crippen molar-refractivity contribution >= 4 is 34.7 Å². The van der Waals surface area contributed by atoms with Gasteiger partial charge in [-0.15, -0.1) is 0 Å². The van der Waals surface area contributed by atoms with E-state index in [0.717, 1.165) is 35.7 Å². The number of hydrogen-bond donors (Lipinski definition) is 2. The van der Waals surface area contributed by atoms with Gasteiger partial charge in [-0.3, -0.25) is 0 Å². The molecule has 43 heavy (non-hydrogen) atoms. The number of anilines is 2. The van der Waals surface area contributed by atoms with Crippen LogP contribution >= 0.6 is 12.2 Å². The summed E-state index contributed by atoms with van der Waals surface area (Å²) in [4.78, 5) is 10.2. The first-order valence-corrected chi connectivity index (χ1v) is 16.6. The third kappa shape index (κ3) is 24.8. The predicted molar refractivity (Wildman–Crippen MR) is 180 cm³/mol. The average molecular weight is 639 g/mol. The molecule has 2 aromatic rings. The molecule has 2 aromatic carbocycles. The fraction of sp³-hybridized carbons (Fsp3) is 0.600. The largest absolute Gasteiger partial charge is 1.00 e. The Morgan fingerprint density at radius 2 is 0.930 bits per heavy atom. The van der Waals surface area contributed by atoms with Crippen molar-refractivity contribution in [2.45, 2.75) is 124 Å². The van der Waals surface area contributed by atoms with Crippen LogP contribution in [0, 0.1) is 0 Å². The average Bonchev–Trinajstić information content (AvgIpc) is 2.97. The molecule has 6 nitrogen and oxygen atoms in total. The number of hydrogen-bond acceptors (Lipinski definition) is 5. The summed E-state index contributed by atoms with van der Waals surface area (Å²) in [6.45, 7) is 7.50. The van der Waals surface area contributed by atoms with Crippen molar-refractivity contribution in [1.29, 1.82) is 0 Å². The van der Waals surface area contributed by atoms with Crippen molar-refractivity contribution in [2.75, 3.05) is 23.8 Å². The predicted octanol–water partition coefficient (Wildman–Crippen LogP) is 6.29. The minimum absolute atomic E-state index is 0. The Balaban J connectivity index is 0.000000807. The summed E-state index contributed by atoms with van der Waals surface area (Å²) in [5.74, 6) is 0.788. The molecule has 2 rings (SSSR count). The second kappa shape index (κ2) is 29.5. The molecule has 0 fully saturated rings. The molecule has 0 aliphatic rings. The number of unbranched alkanes of at least 4 members (excludes halogenated alkanes) is 14. The van der Waals surface area contributed by atoms with E-state index >= 15 is 0 Å². The number of thiocarbonyl (C=S) groups is 1. The zero-order valence-corrected chi connectivity index (χ0v) is 31.3. The molecule has 0 aliphatic carbocycles. The first-order valence-electron chi connectivity index (χ1n) is 16.2. The zero-order valence-electron chi connectivity index (χ0n) is 27.4. The third-order valence-electron chi connectivity index (χ3n) is 6.83. The minimum atomic E-state index is -0.903. The van der Waals surface area contributed by atoms with E-state index in [1.54, 1.807) is 0 Å². The van der Waals surface area contributed by atoms with Crippen LogP contribution in [0.25, 0.3) is 0 Å². The summed E-state index contributed by atoms with van der Waals surface area (Å²) in [7, 11) is 0. The molecule has 236 valence electrons. The van der Waals surface area contributed by atoms with Crippen LogP contribution in [0.4, 0.5) is 11.4 Å². The van der Waals surface area contributed by atoms with Crippen molar-refractivity contribution in [3.8, 4) is 11.5 Å². The van der Waals surface area contributed by atoms with Gasteiger partial charge in [-0.05, 0) is 87.4 Å². The maximum Gasteiger partial charge on any atom is 1.00 e. The van der Waals surface area contributed by atoms with Crippen LogP contribution in [0.3, 0.4) is 0 Å². The second-order valence-electron chi connectivity index (χ2n) is 10.6. The number of benzene rings is 2. The molecule has 0 aromatic heterocycles. The summed E-state index contributed by atoms with van der Waals surface area (Å²) in [6.07, 6.45) is 19.9. The van der Waals surface area contributed by atoms with Gasteiger partial charge in [0, 0.05) is 17.3 Å². The van der Waals surface area contributed by atoms with E-state index in [4.69, 9.17) is 21.7 Å². The van der Waals surface area contributed by atoms with Gasteiger partial charge in [0.25, 0.3) is 0 Å². The first kappa shape index (κ1) is 41.8. The van der Waals surface area contributed by atoms with Crippen LogP contribution in [0.2, 0.25) is 0 Å². The quantitative estimate of drug-likeness (QED) is 0.0891. The zero-order chi connectivity index (χ0) is 30.7. The van der Waals surface area contributed by atoms with Crippen LogP contribution in [-0.4, -0.2) is 24.3 Å². The van der Waals surface area contributed by atoms with Gasteiger partial charge < -0.3 is 30.0 Å². The summed E-state index contributed by atoms with van der Waals surface area (Å²) in [5, 5.41) is 17.0. The van der Waals surface area contributed by atoms with Crippen molar-refractivity contribution in [1.82, 2.24) is 0 Å². The van der Waals surface area contributed by atoms with Crippen molar-refractivity contribution in [2.24, 2.45) is 0 Å². The fourth-order valence-corrected chi connectivity index (χ4v) is 4.77. The van der Waals surface area contributed by atoms with Gasteiger partial charge in [-0.25, -0.2) is 0 Å². The Morgan fingerprint density at radius 3 is 1.23 bits per heavy atom. The van der Waals surface area contributed by atoms with E-state index in [2.05, 4.69) is 17.6 Å². The molecule has 0 unspecified atom stereocenters. The molecule has 8 heteroatoms. The molecule has 0 aliphatic heterocycles. The minimum Gasteiger partial charge on any atom is -0.550 e. The van der Waals surface area contributed by atoms with Crippen LogP contribution in [0.5, 0.6) is 11.5 Å². The summed E-state index contributed by atoms with van der Waals surface area (Å²) >= 11 is 5.30. The molecule has 0 amide bonds. The molecule has 0 atom stereocenters. The van der Waals surface area contributed by atoms with Crippen LogP contribution in [0.15, 0.2) is 48.5 Å². The number of ether oxygens (including phenoxy) is 2. The number of aliphatic carboxylic acids is 1.